The van der Waals surface area contributed by atoms with Crippen LogP contribution >= 0.6 is 0 Å². The van der Waals surface area contributed by atoms with Crippen LogP contribution in [-0.2, 0) is 6.42 Å². The molecule has 1 aromatic carbocycles. The van der Waals surface area contributed by atoms with Gasteiger partial charge in [0.25, 0.3) is 0 Å². The van der Waals surface area contributed by atoms with Crippen LogP contribution in [0.4, 0.5) is 4.79 Å². The number of carbonyl (C=O) groups excluding carboxylic acids is 1. The minimum atomic E-state index is -0.563. The highest BCUT2D eigenvalue weighted by Crippen LogP contribution is 2.14. The Morgan fingerprint density at radius 1 is 1.26 bits per heavy atom. The molecular weight excluding hydrogens is 290 g/mol. The number of carbonyl (C=O) groups is 1. The molecule has 23 heavy (non-hydrogen) atoms. The van der Waals surface area contributed by atoms with Crippen LogP contribution in [0.2, 0.25) is 0 Å². The summed E-state index contributed by atoms with van der Waals surface area (Å²) in [6.45, 7) is 6.36. The molecule has 1 heterocycles. The van der Waals surface area contributed by atoms with Gasteiger partial charge < -0.3 is 20.6 Å². The van der Waals surface area contributed by atoms with Crippen molar-refractivity contribution in [3.05, 3.63) is 35.9 Å². The van der Waals surface area contributed by atoms with Gasteiger partial charge in [0.2, 0.25) is 0 Å². The third kappa shape index (κ3) is 7.01. The van der Waals surface area contributed by atoms with Gasteiger partial charge in [-0.2, -0.15) is 0 Å². The van der Waals surface area contributed by atoms with Gasteiger partial charge in [0, 0.05) is 26.1 Å². The van der Waals surface area contributed by atoms with E-state index in [9.17, 15) is 9.90 Å². The van der Waals surface area contributed by atoms with E-state index in [1.807, 2.05) is 30.3 Å². The number of urea groups is 1. The second kappa shape index (κ2) is 9.53. The predicted molar refractivity (Wildman–Crippen MR) is 92.4 cm³/mol. The molecule has 2 amide bonds. The summed E-state index contributed by atoms with van der Waals surface area (Å²) in [5.74, 6) is 0.827. The van der Waals surface area contributed by atoms with Crippen molar-refractivity contribution in [3.63, 3.8) is 0 Å². The lowest BCUT2D eigenvalue weighted by molar-refractivity contribution is 0.169. The predicted octanol–water partition coefficient (Wildman–Crippen LogP) is 1.62. The van der Waals surface area contributed by atoms with Crippen molar-refractivity contribution >= 4 is 6.03 Å². The van der Waals surface area contributed by atoms with E-state index in [4.69, 9.17) is 0 Å². The molecule has 0 saturated carbocycles. The maximum atomic E-state index is 11.7. The Labute approximate surface area is 139 Å². The number of rotatable bonds is 7. The number of nitrogens with zero attached hydrogens (tertiary/aromatic N) is 1. The van der Waals surface area contributed by atoms with Crippen molar-refractivity contribution < 1.29 is 9.90 Å². The van der Waals surface area contributed by atoms with Gasteiger partial charge in [-0.3, -0.25) is 0 Å². The Morgan fingerprint density at radius 3 is 2.65 bits per heavy atom. The smallest absolute Gasteiger partial charge is 0.314 e. The summed E-state index contributed by atoms with van der Waals surface area (Å²) < 4.78 is 0. The van der Waals surface area contributed by atoms with Crippen molar-refractivity contribution in [2.75, 3.05) is 32.7 Å². The van der Waals surface area contributed by atoms with E-state index >= 15 is 0 Å². The Bertz CT molecular complexity index is 459. The Balaban J connectivity index is 1.54. The van der Waals surface area contributed by atoms with Crippen LogP contribution in [0.1, 0.15) is 25.3 Å². The molecule has 1 atom stereocenters. The van der Waals surface area contributed by atoms with Crippen molar-refractivity contribution in [2.45, 2.75) is 32.3 Å². The molecule has 5 heteroatoms. The Hall–Kier alpha value is -1.59. The van der Waals surface area contributed by atoms with E-state index < -0.39 is 6.10 Å². The maximum absolute atomic E-state index is 11.7. The molecule has 1 unspecified atom stereocenters. The third-order valence-corrected chi connectivity index (χ3v) is 4.40. The molecule has 5 nitrogen and oxygen atoms in total. The van der Waals surface area contributed by atoms with Gasteiger partial charge in [0.1, 0.15) is 0 Å². The van der Waals surface area contributed by atoms with E-state index in [-0.39, 0.29) is 12.6 Å². The highest BCUT2D eigenvalue weighted by Gasteiger charge is 2.15. The first-order chi connectivity index (χ1) is 11.1. The average molecular weight is 319 g/mol. The van der Waals surface area contributed by atoms with Gasteiger partial charge in [0.15, 0.2) is 0 Å². The lowest BCUT2D eigenvalue weighted by Crippen LogP contribution is -2.44. The van der Waals surface area contributed by atoms with Crippen LogP contribution in [0.3, 0.4) is 0 Å². The highest BCUT2D eigenvalue weighted by molar-refractivity contribution is 5.73. The second-order valence-corrected chi connectivity index (χ2v) is 6.50. The molecule has 1 fully saturated rings. The third-order valence-electron chi connectivity index (χ3n) is 4.40. The molecular formula is C18H29N3O2. The summed E-state index contributed by atoms with van der Waals surface area (Å²) >= 11 is 0. The monoisotopic (exact) mass is 319 g/mol. The fourth-order valence-corrected chi connectivity index (χ4v) is 2.84. The molecule has 0 aliphatic carbocycles. The number of nitrogens with one attached hydrogen (secondary N) is 2. The lowest BCUT2D eigenvalue weighted by atomic mass is 9.99. The van der Waals surface area contributed by atoms with E-state index in [0.29, 0.717) is 13.0 Å². The van der Waals surface area contributed by atoms with Crippen LogP contribution in [0.5, 0.6) is 0 Å². The minimum absolute atomic E-state index is 0.206. The first-order valence-corrected chi connectivity index (χ1v) is 8.59. The number of piperidine rings is 1. The topological polar surface area (TPSA) is 64.6 Å². The van der Waals surface area contributed by atoms with E-state index in [0.717, 1.165) is 31.1 Å². The fraction of sp³-hybridized carbons (Fsp3) is 0.611. The largest absolute Gasteiger partial charge is 0.391 e. The molecule has 1 saturated heterocycles. The van der Waals surface area contributed by atoms with Crippen LogP contribution in [0.25, 0.3) is 0 Å². The number of aliphatic hydroxyl groups is 1. The minimum Gasteiger partial charge on any atom is -0.391 e. The lowest BCUT2D eigenvalue weighted by Gasteiger charge is -2.30. The van der Waals surface area contributed by atoms with Gasteiger partial charge in [-0.1, -0.05) is 37.3 Å². The number of hydrogen-bond donors (Lipinski definition) is 3. The molecule has 1 aliphatic heterocycles. The van der Waals surface area contributed by atoms with Crippen LogP contribution in [0, 0.1) is 5.92 Å². The Morgan fingerprint density at radius 2 is 1.96 bits per heavy atom. The van der Waals surface area contributed by atoms with E-state index in [1.165, 1.54) is 12.8 Å². The standard InChI is InChI=1S/C18H29N3O2/c1-15-7-10-21(11-8-15)12-9-19-18(23)20-14-17(22)13-16-5-3-2-4-6-16/h2-6,15,17,22H,7-14H2,1H3,(H2,19,20,23). The summed E-state index contributed by atoms with van der Waals surface area (Å²) in [5, 5.41) is 15.5. The summed E-state index contributed by atoms with van der Waals surface area (Å²) in [6, 6.07) is 9.59. The number of likely N-dealkylation sites (tertiary alicyclic amines) is 1. The summed E-state index contributed by atoms with van der Waals surface area (Å²) in [6.07, 6.45) is 2.48. The van der Waals surface area contributed by atoms with Gasteiger partial charge in [-0.05, 0) is 37.4 Å². The van der Waals surface area contributed by atoms with Crippen molar-refractivity contribution in [1.82, 2.24) is 15.5 Å². The Kier molecular flexibility index (Phi) is 7.36. The van der Waals surface area contributed by atoms with E-state index in [2.05, 4.69) is 22.5 Å². The molecule has 1 aromatic rings. The highest BCUT2D eigenvalue weighted by atomic mass is 16.3. The molecule has 0 radical (unpaired) electrons. The number of hydrogen-bond acceptors (Lipinski definition) is 3. The summed E-state index contributed by atoms with van der Waals surface area (Å²) in [4.78, 5) is 14.1. The van der Waals surface area contributed by atoms with E-state index in [1.54, 1.807) is 0 Å². The molecule has 0 aromatic heterocycles. The first-order valence-electron chi connectivity index (χ1n) is 8.59. The number of amides is 2. The summed E-state index contributed by atoms with van der Waals surface area (Å²) in [7, 11) is 0. The summed E-state index contributed by atoms with van der Waals surface area (Å²) in [5.41, 5.74) is 1.07. The molecule has 0 spiro atoms. The van der Waals surface area contributed by atoms with Crippen molar-refractivity contribution in [1.29, 1.82) is 0 Å². The first kappa shape index (κ1) is 17.8. The van der Waals surface area contributed by atoms with Crippen LogP contribution in [-0.4, -0.2) is 54.9 Å². The fourth-order valence-electron chi connectivity index (χ4n) is 2.84. The molecule has 2 rings (SSSR count). The zero-order chi connectivity index (χ0) is 16.5. The molecule has 128 valence electrons. The van der Waals surface area contributed by atoms with Gasteiger partial charge in [0.05, 0.1) is 6.10 Å². The molecule has 0 bridgehead atoms. The van der Waals surface area contributed by atoms with Crippen molar-refractivity contribution in [2.24, 2.45) is 5.92 Å². The number of benzene rings is 1. The number of aliphatic hydroxyl groups excluding tert-OH is 1. The van der Waals surface area contributed by atoms with Gasteiger partial charge >= 0.3 is 6.03 Å². The molecule has 3 N–H and O–H groups in total. The van der Waals surface area contributed by atoms with Crippen LogP contribution in [0.15, 0.2) is 30.3 Å². The molecule has 1 aliphatic rings. The second-order valence-electron chi connectivity index (χ2n) is 6.50. The SMILES string of the molecule is CC1CCN(CCNC(=O)NCC(O)Cc2ccccc2)CC1. The zero-order valence-electron chi connectivity index (χ0n) is 14.0. The average Bonchev–Trinajstić information content (AvgIpc) is 2.56. The van der Waals surface area contributed by atoms with Crippen molar-refractivity contribution in [3.8, 4) is 0 Å². The zero-order valence-corrected chi connectivity index (χ0v) is 14.0. The maximum Gasteiger partial charge on any atom is 0.314 e. The van der Waals surface area contributed by atoms with Gasteiger partial charge in [-0.25, -0.2) is 4.79 Å². The normalized spacial score (nSPS) is 17.7. The quantitative estimate of drug-likeness (QED) is 0.715. The van der Waals surface area contributed by atoms with Crippen LogP contribution < -0.4 is 10.6 Å². The van der Waals surface area contributed by atoms with Gasteiger partial charge in [-0.15, -0.1) is 0 Å².